The molecular formula is C14H23NO. The smallest absolute Gasteiger partial charge is 0.0563 e. The summed E-state index contributed by atoms with van der Waals surface area (Å²) in [5, 5.41) is 9.67. The summed E-state index contributed by atoms with van der Waals surface area (Å²) in [6.45, 7) is 6.24. The molecule has 2 heteroatoms. The Morgan fingerprint density at radius 3 is 2.56 bits per heavy atom. The van der Waals surface area contributed by atoms with Crippen molar-refractivity contribution in [3.63, 3.8) is 0 Å². The van der Waals surface area contributed by atoms with Gasteiger partial charge >= 0.3 is 0 Å². The van der Waals surface area contributed by atoms with Crippen LogP contribution in [0.25, 0.3) is 0 Å². The zero-order valence-corrected chi connectivity index (χ0v) is 10.6. The lowest BCUT2D eigenvalue weighted by molar-refractivity contribution is 0.114. The van der Waals surface area contributed by atoms with E-state index in [1.54, 1.807) is 0 Å². The number of aromatic nitrogens is 1. The van der Waals surface area contributed by atoms with Crippen LogP contribution in [0.4, 0.5) is 0 Å². The average Bonchev–Trinajstić information content (AvgIpc) is 2.29. The van der Waals surface area contributed by atoms with E-state index in [0.717, 1.165) is 31.4 Å². The molecule has 0 amide bonds. The summed E-state index contributed by atoms with van der Waals surface area (Å²) in [4.78, 5) is 4.41. The minimum absolute atomic E-state index is 0.171. The van der Waals surface area contributed by atoms with Gasteiger partial charge in [0.2, 0.25) is 0 Å². The molecule has 1 aromatic rings. The van der Waals surface area contributed by atoms with Crippen LogP contribution < -0.4 is 0 Å². The van der Waals surface area contributed by atoms with Crippen molar-refractivity contribution in [2.24, 2.45) is 5.92 Å². The van der Waals surface area contributed by atoms with Crippen molar-refractivity contribution in [3.8, 4) is 0 Å². The van der Waals surface area contributed by atoms with E-state index >= 15 is 0 Å². The molecule has 0 saturated heterocycles. The van der Waals surface area contributed by atoms with Crippen molar-refractivity contribution in [2.45, 2.75) is 52.6 Å². The standard InChI is InChI=1S/C14H23NO/c1-4-12-8-9-13(15-10-12)6-5-7-14(16)11(2)3/h8-11,14,16H,4-7H2,1-3H3. The molecule has 0 saturated carbocycles. The quantitative estimate of drug-likeness (QED) is 0.801. The fraction of sp³-hybridized carbons (Fsp3) is 0.643. The third-order valence-corrected chi connectivity index (χ3v) is 3.00. The third kappa shape index (κ3) is 4.31. The topological polar surface area (TPSA) is 33.1 Å². The van der Waals surface area contributed by atoms with Crippen molar-refractivity contribution < 1.29 is 5.11 Å². The predicted molar refractivity (Wildman–Crippen MR) is 67.4 cm³/mol. The van der Waals surface area contributed by atoms with Gasteiger partial charge in [0.05, 0.1) is 6.10 Å². The highest BCUT2D eigenvalue weighted by Crippen LogP contribution is 2.11. The van der Waals surface area contributed by atoms with Crippen LogP contribution in [0.15, 0.2) is 18.3 Å². The maximum absolute atomic E-state index is 9.67. The molecule has 0 radical (unpaired) electrons. The monoisotopic (exact) mass is 221 g/mol. The van der Waals surface area contributed by atoms with Gasteiger partial charge in [-0.05, 0) is 43.2 Å². The summed E-state index contributed by atoms with van der Waals surface area (Å²) >= 11 is 0. The van der Waals surface area contributed by atoms with E-state index in [-0.39, 0.29) is 6.10 Å². The molecule has 16 heavy (non-hydrogen) atoms. The molecule has 90 valence electrons. The van der Waals surface area contributed by atoms with Crippen LogP contribution in [0.1, 0.15) is 44.9 Å². The highest BCUT2D eigenvalue weighted by molar-refractivity contribution is 5.13. The molecule has 1 N–H and O–H groups in total. The van der Waals surface area contributed by atoms with E-state index < -0.39 is 0 Å². The van der Waals surface area contributed by atoms with Crippen LogP contribution in [-0.2, 0) is 12.8 Å². The summed E-state index contributed by atoms with van der Waals surface area (Å²) < 4.78 is 0. The SMILES string of the molecule is CCc1ccc(CCCC(O)C(C)C)nc1. The summed E-state index contributed by atoms with van der Waals surface area (Å²) in [5.41, 5.74) is 2.42. The second-order valence-corrected chi connectivity index (χ2v) is 4.71. The van der Waals surface area contributed by atoms with Gasteiger partial charge in [-0.2, -0.15) is 0 Å². The highest BCUT2D eigenvalue weighted by Gasteiger charge is 2.08. The minimum atomic E-state index is -0.171. The first-order valence-corrected chi connectivity index (χ1v) is 6.25. The number of rotatable bonds is 6. The number of hydrogen-bond donors (Lipinski definition) is 1. The number of aryl methyl sites for hydroxylation is 2. The van der Waals surface area contributed by atoms with Crippen LogP contribution in [0.2, 0.25) is 0 Å². The van der Waals surface area contributed by atoms with E-state index in [1.807, 2.05) is 6.20 Å². The van der Waals surface area contributed by atoms with E-state index in [2.05, 4.69) is 37.9 Å². The van der Waals surface area contributed by atoms with E-state index in [1.165, 1.54) is 5.56 Å². The normalized spacial score (nSPS) is 13.1. The lowest BCUT2D eigenvalue weighted by Crippen LogP contribution is -2.14. The van der Waals surface area contributed by atoms with Crippen molar-refractivity contribution >= 4 is 0 Å². The van der Waals surface area contributed by atoms with Gasteiger partial charge < -0.3 is 5.11 Å². The van der Waals surface area contributed by atoms with Gasteiger partial charge in [0.15, 0.2) is 0 Å². The summed E-state index contributed by atoms with van der Waals surface area (Å²) in [5.74, 6) is 0.357. The lowest BCUT2D eigenvalue weighted by Gasteiger charge is -2.13. The second kappa shape index (κ2) is 6.64. The molecule has 1 aromatic heterocycles. The molecule has 1 atom stereocenters. The Balaban J connectivity index is 2.31. The Labute approximate surface area is 98.7 Å². The van der Waals surface area contributed by atoms with Crippen LogP contribution >= 0.6 is 0 Å². The number of nitrogens with zero attached hydrogens (tertiary/aromatic N) is 1. The molecule has 0 aromatic carbocycles. The van der Waals surface area contributed by atoms with Gasteiger partial charge in [-0.3, -0.25) is 4.98 Å². The minimum Gasteiger partial charge on any atom is -0.393 e. The van der Waals surface area contributed by atoms with Crippen molar-refractivity contribution in [2.75, 3.05) is 0 Å². The predicted octanol–water partition coefficient (Wildman–Crippen LogP) is 2.98. The summed E-state index contributed by atoms with van der Waals surface area (Å²) in [6, 6.07) is 4.24. The Kier molecular flexibility index (Phi) is 5.47. The molecule has 1 heterocycles. The van der Waals surface area contributed by atoms with Crippen LogP contribution in [0.5, 0.6) is 0 Å². The van der Waals surface area contributed by atoms with E-state index in [4.69, 9.17) is 0 Å². The van der Waals surface area contributed by atoms with Crippen molar-refractivity contribution in [3.05, 3.63) is 29.6 Å². The molecule has 2 nitrogen and oxygen atoms in total. The van der Waals surface area contributed by atoms with Gasteiger partial charge in [-0.1, -0.05) is 26.8 Å². The van der Waals surface area contributed by atoms with E-state index in [0.29, 0.717) is 5.92 Å². The number of aliphatic hydroxyl groups excluding tert-OH is 1. The van der Waals surface area contributed by atoms with Gasteiger partial charge in [0.25, 0.3) is 0 Å². The maximum atomic E-state index is 9.67. The first-order valence-electron chi connectivity index (χ1n) is 6.25. The molecule has 0 aliphatic heterocycles. The number of hydrogen-bond acceptors (Lipinski definition) is 2. The van der Waals surface area contributed by atoms with Crippen LogP contribution in [-0.4, -0.2) is 16.2 Å². The van der Waals surface area contributed by atoms with Gasteiger partial charge in [-0.25, -0.2) is 0 Å². The third-order valence-electron chi connectivity index (χ3n) is 3.00. The number of pyridine rings is 1. The van der Waals surface area contributed by atoms with Crippen LogP contribution in [0, 0.1) is 5.92 Å². The molecule has 1 rings (SSSR count). The molecule has 0 fully saturated rings. The Hall–Kier alpha value is -0.890. The zero-order chi connectivity index (χ0) is 12.0. The average molecular weight is 221 g/mol. The zero-order valence-electron chi connectivity index (χ0n) is 10.6. The maximum Gasteiger partial charge on any atom is 0.0563 e. The fourth-order valence-corrected chi connectivity index (χ4v) is 1.64. The molecule has 1 unspecified atom stereocenters. The summed E-state index contributed by atoms with van der Waals surface area (Å²) in [6.07, 6.45) is 5.67. The van der Waals surface area contributed by atoms with Crippen molar-refractivity contribution in [1.82, 2.24) is 4.98 Å². The van der Waals surface area contributed by atoms with Crippen LogP contribution in [0.3, 0.4) is 0 Å². The Bertz CT molecular complexity index is 292. The second-order valence-electron chi connectivity index (χ2n) is 4.71. The first-order chi connectivity index (χ1) is 7.63. The highest BCUT2D eigenvalue weighted by atomic mass is 16.3. The molecule has 0 aliphatic carbocycles. The molecule has 0 bridgehead atoms. The van der Waals surface area contributed by atoms with E-state index in [9.17, 15) is 5.11 Å². The molecule has 0 aliphatic rings. The van der Waals surface area contributed by atoms with Gasteiger partial charge in [0.1, 0.15) is 0 Å². The van der Waals surface area contributed by atoms with Crippen molar-refractivity contribution in [1.29, 1.82) is 0 Å². The lowest BCUT2D eigenvalue weighted by atomic mass is 10.0. The summed E-state index contributed by atoms with van der Waals surface area (Å²) in [7, 11) is 0. The van der Waals surface area contributed by atoms with Gasteiger partial charge in [0, 0.05) is 11.9 Å². The fourth-order valence-electron chi connectivity index (χ4n) is 1.64. The first kappa shape index (κ1) is 13.2. The molecular weight excluding hydrogens is 198 g/mol. The van der Waals surface area contributed by atoms with Gasteiger partial charge in [-0.15, -0.1) is 0 Å². The largest absolute Gasteiger partial charge is 0.393 e. The Morgan fingerprint density at radius 2 is 2.06 bits per heavy atom. The molecule has 0 spiro atoms. The Morgan fingerprint density at radius 1 is 1.31 bits per heavy atom. The number of aliphatic hydroxyl groups is 1.